The predicted molar refractivity (Wildman–Crippen MR) is 122 cm³/mol. The van der Waals surface area contributed by atoms with Crippen molar-refractivity contribution in [3.63, 3.8) is 0 Å². The third-order valence-corrected chi connectivity index (χ3v) is 5.81. The summed E-state index contributed by atoms with van der Waals surface area (Å²) in [5, 5.41) is 11.9. The van der Waals surface area contributed by atoms with Crippen LogP contribution in [0.4, 0.5) is 5.82 Å². The van der Waals surface area contributed by atoms with E-state index in [0.29, 0.717) is 6.54 Å². The number of methoxy groups -OCH3 is 1. The summed E-state index contributed by atoms with van der Waals surface area (Å²) in [4.78, 5) is 14.8. The van der Waals surface area contributed by atoms with Crippen molar-refractivity contribution < 1.29 is 9.53 Å². The number of carbonyl (C=O) groups is 1. The molecular weight excluding hydrogens is 388 g/mol. The molecule has 0 spiro atoms. The first-order valence-corrected chi connectivity index (χ1v) is 10.7. The summed E-state index contributed by atoms with van der Waals surface area (Å²) in [6, 6.07) is 20.0. The van der Waals surface area contributed by atoms with Crippen LogP contribution in [0.15, 0.2) is 60.7 Å². The number of amides is 1. The largest absolute Gasteiger partial charge is 0.496 e. The quantitative estimate of drug-likeness (QED) is 0.658. The first-order chi connectivity index (χ1) is 15.1. The minimum absolute atomic E-state index is 0.0440. The minimum Gasteiger partial charge on any atom is -0.496 e. The number of para-hydroxylation sites is 1. The molecule has 4 rings (SSSR count). The average molecular weight is 417 g/mol. The molecule has 3 aromatic rings. The molecule has 1 saturated heterocycles. The molecule has 6 heteroatoms. The van der Waals surface area contributed by atoms with Gasteiger partial charge in [-0.25, -0.2) is 0 Å². The van der Waals surface area contributed by atoms with Crippen LogP contribution in [-0.4, -0.2) is 36.3 Å². The van der Waals surface area contributed by atoms with Gasteiger partial charge in [-0.1, -0.05) is 42.0 Å². The van der Waals surface area contributed by atoms with E-state index in [9.17, 15) is 4.79 Å². The number of benzene rings is 2. The molecular formula is C25H28N4O2. The van der Waals surface area contributed by atoms with Crippen molar-refractivity contribution in [3.05, 3.63) is 71.8 Å². The van der Waals surface area contributed by atoms with E-state index in [4.69, 9.17) is 4.74 Å². The van der Waals surface area contributed by atoms with Crippen molar-refractivity contribution in [1.82, 2.24) is 15.5 Å². The molecule has 1 fully saturated rings. The molecule has 0 saturated carbocycles. The highest BCUT2D eigenvalue weighted by Crippen LogP contribution is 2.29. The van der Waals surface area contributed by atoms with Crippen molar-refractivity contribution >= 4 is 11.7 Å². The van der Waals surface area contributed by atoms with Gasteiger partial charge in [-0.05, 0) is 49.6 Å². The monoisotopic (exact) mass is 416 g/mol. The average Bonchev–Trinajstić information content (AvgIpc) is 2.83. The maximum absolute atomic E-state index is 12.6. The van der Waals surface area contributed by atoms with E-state index in [1.54, 1.807) is 7.11 Å². The van der Waals surface area contributed by atoms with Crippen LogP contribution in [0.3, 0.4) is 0 Å². The van der Waals surface area contributed by atoms with Gasteiger partial charge in [-0.3, -0.25) is 4.79 Å². The second-order valence-corrected chi connectivity index (χ2v) is 7.94. The molecule has 31 heavy (non-hydrogen) atoms. The summed E-state index contributed by atoms with van der Waals surface area (Å²) >= 11 is 0. The van der Waals surface area contributed by atoms with Crippen molar-refractivity contribution in [2.45, 2.75) is 26.3 Å². The van der Waals surface area contributed by atoms with E-state index in [2.05, 4.69) is 51.6 Å². The molecule has 1 aromatic heterocycles. The maximum atomic E-state index is 12.6. The normalized spacial score (nSPS) is 14.3. The van der Waals surface area contributed by atoms with E-state index < -0.39 is 0 Å². The van der Waals surface area contributed by atoms with Crippen LogP contribution in [0.25, 0.3) is 11.3 Å². The summed E-state index contributed by atoms with van der Waals surface area (Å²) in [5.74, 6) is 1.81. The molecule has 0 aliphatic carbocycles. The van der Waals surface area contributed by atoms with Gasteiger partial charge in [-0.2, -0.15) is 0 Å². The Kier molecular flexibility index (Phi) is 6.46. The standard InChI is InChI=1S/C25H28N4O2/c1-18-7-9-19(10-8-18)17-26-25(30)20-13-15-29(16-14-20)24-12-11-22(27-28-24)21-5-3-4-6-23(21)31-2/h3-12,20H,13-17H2,1-2H3,(H,26,30). The van der Waals surface area contributed by atoms with Gasteiger partial charge in [0.1, 0.15) is 5.75 Å². The van der Waals surface area contributed by atoms with Gasteiger partial charge in [-0.15, -0.1) is 10.2 Å². The molecule has 0 bridgehead atoms. The lowest BCUT2D eigenvalue weighted by atomic mass is 9.95. The van der Waals surface area contributed by atoms with Crippen LogP contribution < -0.4 is 15.0 Å². The van der Waals surface area contributed by atoms with Gasteiger partial charge in [0.15, 0.2) is 5.82 Å². The lowest BCUT2D eigenvalue weighted by molar-refractivity contribution is -0.125. The highest BCUT2D eigenvalue weighted by molar-refractivity contribution is 5.79. The predicted octanol–water partition coefficient (Wildman–Crippen LogP) is 3.99. The maximum Gasteiger partial charge on any atom is 0.223 e. The number of hydrogen-bond acceptors (Lipinski definition) is 5. The number of aromatic nitrogens is 2. The number of aryl methyl sites for hydroxylation is 1. The molecule has 1 aliphatic heterocycles. The summed E-state index contributed by atoms with van der Waals surface area (Å²) in [7, 11) is 1.65. The lowest BCUT2D eigenvalue weighted by Gasteiger charge is -2.31. The van der Waals surface area contributed by atoms with Crippen LogP contribution >= 0.6 is 0 Å². The highest BCUT2D eigenvalue weighted by atomic mass is 16.5. The molecule has 2 aromatic carbocycles. The van der Waals surface area contributed by atoms with Crippen molar-refractivity contribution in [2.24, 2.45) is 5.92 Å². The zero-order valence-electron chi connectivity index (χ0n) is 18.0. The Balaban J connectivity index is 1.31. The first-order valence-electron chi connectivity index (χ1n) is 10.7. The van der Waals surface area contributed by atoms with Gasteiger partial charge in [0, 0.05) is 31.1 Å². The molecule has 1 aliphatic rings. The summed E-state index contributed by atoms with van der Waals surface area (Å²) in [6.45, 7) is 4.23. The summed E-state index contributed by atoms with van der Waals surface area (Å²) in [6.07, 6.45) is 1.63. The number of nitrogens with one attached hydrogen (secondary N) is 1. The van der Waals surface area contributed by atoms with Crippen molar-refractivity contribution in [1.29, 1.82) is 0 Å². The van der Waals surface area contributed by atoms with E-state index in [1.807, 2.05) is 36.4 Å². The third-order valence-electron chi connectivity index (χ3n) is 5.81. The van der Waals surface area contributed by atoms with Crippen LogP contribution in [0.5, 0.6) is 5.75 Å². The van der Waals surface area contributed by atoms with Crippen LogP contribution in [0, 0.1) is 12.8 Å². The Morgan fingerprint density at radius 1 is 1.03 bits per heavy atom. The van der Waals surface area contributed by atoms with Gasteiger partial charge in [0.05, 0.1) is 12.8 Å². The molecule has 2 heterocycles. The van der Waals surface area contributed by atoms with Gasteiger partial charge >= 0.3 is 0 Å². The van der Waals surface area contributed by atoms with E-state index in [0.717, 1.165) is 54.3 Å². The molecule has 1 amide bonds. The Morgan fingerprint density at radius 2 is 1.77 bits per heavy atom. The fourth-order valence-electron chi connectivity index (χ4n) is 3.90. The summed E-state index contributed by atoms with van der Waals surface area (Å²) in [5.41, 5.74) is 4.06. The topological polar surface area (TPSA) is 67.3 Å². The number of rotatable bonds is 6. The zero-order valence-corrected chi connectivity index (χ0v) is 18.0. The Bertz CT molecular complexity index is 1010. The minimum atomic E-state index is 0.0440. The molecule has 160 valence electrons. The Morgan fingerprint density at radius 3 is 2.45 bits per heavy atom. The Labute approximate surface area is 183 Å². The number of anilines is 1. The number of nitrogens with zero attached hydrogens (tertiary/aromatic N) is 3. The molecule has 0 unspecified atom stereocenters. The van der Waals surface area contributed by atoms with Crippen LogP contribution in [0.2, 0.25) is 0 Å². The van der Waals surface area contributed by atoms with Crippen molar-refractivity contribution in [3.8, 4) is 17.0 Å². The SMILES string of the molecule is COc1ccccc1-c1ccc(N2CCC(C(=O)NCc3ccc(C)cc3)CC2)nn1. The fraction of sp³-hybridized carbons (Fsp3) is 0.320. The summed E-state index contributed by atoms with van der Waals surface area (Å²) < 4.78 is 5.42. The second-order valence-electron chi connectivity index (χ2n) is 7.94. The van der Waals surface area contributed by atoms with Crippen LogP contribution in [-0.2, 0) is 11.3 Å². The van der Waals surface area contributed by atoms with Gasteiger partial charge < -0.3 is 15.0 Å². The second kappa shape index (κ2) is 9.60. The Hall–Kier alpha value is -3.41. The highest BCUT2D eigenvalue weighted by Gasteiger charge is 2.25. The van der Waals surface area contributed by atoms with E-state index >= 15 is 0 Å². The molecule has 1 N–H and O–H groups in total. The van der Waals surface area contributed by atoms with E-state index in [-0.39, 0.29) is 11.8 Å². The third kappa shape index (κ3) is 5.02. The van der Waals surface area contributed by atoms with Gasteiger partial charge in [0.2, 0.25) is 5.91 Å². The number of hydrogen-bond donors (Lipinski definition) is 1. The smallest absolute Gasteiger partial charge is 0.223 e. The molecule has 6 nitrogen and oxygen atoms in total. The first kappa shape index (κ1) is 20.8. The van der Waals surface area contributed by atoms with E-state index in [1.165, 1.54) is 5.56 Å². The molecule has 0 radical (unpaired) electrons. The number of ether oxygens (including phenoxy) is 1. The number of piperidine rings is 1. The van der Waals surface area contributed by atoms with Crippen molar-refractivity contribution in [2.75, 3.05) is 25.1 Å². The lowest BCUT2D eigenvalue weighted by Crippen LogP contribution is -2.40. The fourth-order valence-corrected chi connectivity index (χ4v) is 3.90. The van der Waals surface area contributed by atoms with Gasteiger partial charge in [0.25, 0.3) is 0 Å². The molecule has 0 atom stereocenters. The number of carbonyl (C=O) groups excluding carboxylic acids is 1. The zero-order chi connectivity index (χ0) is 21.6. The van der Waals surface area contributed by atoms with Crippen LogP contribution in [0.1, 0.15) is 24.0 Å².